The van der Waals surface area contributed by atoms with E-state index in [0.717, 1.165) is 29.3 Å². The zero-order chi connectivity index (χ0) is 20.8. The molecule has 1 amide bonds. The first-order valence-electron chi connectivity index (χ1n) is 9.58. The summed E-state index contributed by atoms with van der Waals surface area (Å²) in [5, 5.41) is 0. The minimum atomic E-state index is -0.648. The molecule has 0 saturated heterocycles. The Morgan fingerprint density at radius 2 is 2.04 bits per heavy atom. The van der Waals surface area contributed by atoms with Crippen molar-refractivity contribution in [1.82, 2.24) is 9.55 Å². The molecule has 0 aliphatic heterocycles. The second-order valence-corrected chi connectivity index (χ2v) is 6.96. The Morgan fingerprint density at radius 1 is 1.32 bits per heavy atom. The van der Waals surface area contributed by atoms with Gasteiger partial charge in [-0.2, -0.15) is 0 Å². The number of furan rings is 1. The van der Waals surface area contributed by atoms with Crippen molar-refractivity contribution in [3.63, 3.8) is 0 Å². The van der Waals surface area contributed by atoms with Crippen LogP contribution in [0.1, 0.15) is 38.2 Å². The second-order valence-electron chi connectivity index (χ2n) is 6.96. The number of hydrogen-bond donors (Lipinski definition) is 3. The quantitative estimate of drug-likeness (QED) is 0.550. The average molecular weight is 392 g/mol. The highest BCUT2D eigenvalue weighted by Gasteiger charge is 2.25. The molecule has 0 spiro atoms. The number of quaternary nitrogens is 1. The Bertz CT molecular complexity index is 927. The van der Waals surface area contributed by atoms with E-state index in [9.17, 15) is 14.4 Å². The van der Waals surface area contributed by atoms with Crippen molar-refractivity contribution in [2.24, 2.45) is 0 Å². The van der Waals surface area contributed by atoms with Gasteiger partial charge in [0.1, 0.15) is 18.1 Å². The molecule has 9 heteroatoms. The Morgan fingerprint density at radius 3 is 2.61 bits per heavy atom. The van der Waals surface area contributed by atoms with E-state index in [4.69, 9.17) is 10.2 Å². The Labute approximate surface area is 163 Å². The number of nitrogen functional groups attached to an aromatic ring is 1. The number of unbranched alkanes of at least 4 members (excludes halogenated alkanes) is 1. The molecule has 0 aliphatic carbocycles. The number of carbonyl (C=O) groups is 1. The number of nitrogens with one attached hydrogen (secondary N) is 2. The van der Waals surface area contributed by atoms with Gasteiger partial charge in [-0.15, -0.1) is 0 Å². The lowest BCUT2D eigenvalue weighted by Crippen LogP contribution is -3.09. The van der Waals surface area contributed by atoms with Crippen molar-refractivity contribution >= 4 is 17.4 Å². The molecule has 0 aliphatic rings. The summed E-state index contributed by atoms with van der Waals surface area (Å²) in [6, 6.07) is 3.76. The first-order valence-corrected chi connectivity index (χ1v) is 9.58. The summed E-state index contributed by atoms with van der Waals surface area (Å²) < 4.78 is 6.87. The van der Waals surface area contributed by atoms with E-state index in [1.807, 2.05) is 33.0 Å². The molecule has 2 heterocycles. The van der Waals surface area contributed by atoms with Gasteiger partial charge >= 0.3 is 5.69 Å². The van der Waals surface area contributed by atoms with Gasteiger partial charge < -0.3 is 15.1 Å². The number of nitrogens with two attached hydrogens (primary N) is 1. The maximum absolute atomic E-state index is 12.9. The van der Waals surface area contributed by atoms with Crippen LogP contribution in [0.5, 0.6) is 0 Å². The Hall–Kier alpha value is -2.81. The molecule has 0 fully saturated rings. The minimum absolute atomic E-state index is 0.0247. The Kier molecular flexibility index (Phi) is 7.22. The number of amides is 1. The van der Waals surface area contributed by atoms with Crippen LogP contribution in [0.25, 0.3) is 0 Å². The summed E-state index contributed by atoms with van der Waals surface area (Å²) in [6.45, 7) is 6.98. The summed E-state index contributed by atoms with van der Waals surface area (Å²) >= 11 is 0. The molecule has 0 aromatic carbocycles. The number of carbonyl (C=O) groups excluding carboxylic acids is 1. The van der Waals surface area contributed by atoms with E-state index in [2.05, 4.69) is 4.98 Å². The third kappa shape index (κ3) is 4.92. The second kappa shape index (κ2) is 9.41. The van der Waals surface area contributed by atoms with Gasteiger partial charge in [-0.05, 0) is 32.4 Å². The highest BCUT2D eigenvalue weighted by molar-refractivity contribution is 5.96. The molecular formula is C19H30N5O4+. The molecular weight excluding hydrogens is 362 g/mol. The molecule has 0 bridgehead atoms. The number of hydrogen-bond acceptors (Lipinski definition) is 5. The van der Waals surface area contributed by atoms with Gasteiger partial charge in [0.2, 0.25) is 0 Å². The highest BCUT2D eigenvalue weighted by Crippen LogP contribution is 2.16. The van der Waals surface area contributed by atoms with Crippen molar-refractivity contribution in [2.75, 3.05) is 30.8 Å². The van der Waals surface area contributed by atoms with Gasteiger partial charge in [-0.25, -0.2) is 4.79 Å². The van der Waals surface area contributed by atoms with Crippen molar-refractivity contribution in [1.29, 1.82) is 0 Å². The third-order valence-electron chi connectivity index (χ3n) is 4.56. The number of aryl methyl sites for hydroxylation is 1. The molecule has 9 nitrogen and oxygen atoms in total. The van der Waals surface area contributed by atoms with Crippen LogP contribution in [0.15, 0.2) is 26.1 Å². The first kappa shape index (κ1) is 21.5. The number of H-pyrrole nitrogens is 1. The predicted molar refractivity (Wildman–Crippen MR) is 108 cm³/mol. The van der Waals surface area contributed by atoms with Gasteiger partial charge in [-0.1, -0.05) is 13.3 Å². The fourth-order valence-electron chi connectivity index (χ4n) is 3.13. The summed E-state index contributed by atoms with van der Waals surface area (Å²) in [7, 11) is 1.87. The number of rotatable bonds is 9. The van der Waals surface area contributed by atoms with Crippen LogP contribution in [0.4, 0.5) is 11.5 Å². The van der Waals surface area contributed by atoms with E-state index in [0.29, 0.717) is 13.1 Å². The maximum atomic E-state index is 12.9. The molecule has 154 valence electrons. The van der Waals surface area contributed by atoms with E-state index in [-0.39, 0.29) is 30.5 Å². The zero-order valence-corrected chi connectivity index (χ0v) is 17.0. The first-order chi connectivity index (χ1) is 13.3. The van der Waals surface area contributed by atoms with Crippen LogP contribution >= 0.6 is 0 Å². The van der Waals surface area contributed by atoms with Crippen molar-refractivity contribution in [3.8, 4) is 0 Å². The van der Waals surface area contributed by atoms with Crippen LogP contribution in [-0.2, 0) is 17.9 Å². The molecule has 2 aromatic heterocycles. The number of aromatic amines is 1. The molecule has 0 saturated carbocycles. The molecule has 4 N–H and O–H groups in total. The van der Waals surface area contributed by atoms with Gasteiger partial charge in [0.15, 0.2) is 18.0 Å². The molecule has 2 aromatic rings. The lowest BCUT2D eigenvalue weighted by atomic mass is 10.3. The van der Waals surface area contributed by atoms with E-state index in [1.165, 1.54) is 9.47 Å². The van der Waals surface area contributed by atoms with Crippen LogP contribution in [-0.4, -0.2) is 35.6 Å². The summed E-state index contributed by atoms with van der Waals surface area (Å²) in [5.41, 5.74) is 4.95. The normalized spacial score (nSPS) is 12.1. The molecule has 0 radical (unpaired) electrons. The van der Waals surface area contributed by atoms with Crippen molar-refractivity contribution in [3.05, 3.63) is 44.5 Å². The van der Waals surface area contributed by atoms with E-state index < -0.39 is 11.2 Å². The van der Waals surface area contributed by atoms with Crippen LogP contribution in [0, 0.1) is 6.92 Å². The van der Waals surface area contributed by atoms with E-state index in [1.54, 1.807) is 6.92 Å². The van der Waals surface area contributed by atoms with Gasteiger partial charge in [-0.3, -0.25) is 24.0 Å². The monoisotopic (exact) mass is 392 g/mol. The zero-order valence-electron chi connectivity index (χ0n) is 17.0. The fraction of sp³-hybridized carbons (Fsp3) is 0.526. The molecule has 1 atom stereocenters. The number of anilines is 2. The summed E-state index contributed by atoms with van der Waals surface area (Å²) in [5.74, 6) is 1.38. The number of nitrogens with zero attached hydrogens (tertiary/aromatic N) is 2. The van der Waals surface area contributed by atoms with Crippen molar-refractivity contribution in [2.45, 2.75) is 46.7 Å². The van der Waals surface area contributed by atoms with Crippen LogP contribution in [0.3, 0.4) is 0 Å². The lowest BCUT2D eigenvalue weighted by Gasteiger charge is -2.24. The predicted octanol–water partition coefficient (Wildman–Crippen LogP) is -0.112. The standard InChI is InChI=1S/C19H29N5O4/c1-5-7-10-24-17(20)16(18(26)21-19(24)27)23(6-2)15(25)12-22(4)11-14-9-8-13(3)28-14/h8-9H,5-7,10-12,20H2,1-4H3,(H,21,26,27)/p+1. The van der Waals surface area contributed by atoms with Gasteiger partial charge in [0.25, 0.3) is 11.5 Å². The van der Waals surface area contributed by atoms with Gasteiger partial charge in [0.05, 0.1) is 7.05 Å². The molecule has 28 heavy (non-hydrogen) atoms. The molecule has 2 rings (SSSR count). The van der Waals surface area contributed by atoms with Crippen LogP contribution < -0.4 is 26.8 Å². The maximum Gasteiger partial charge on any atom is 0.330 e. The highest BCUT2D eigenvalue weighted by atomic mass is 16.3. The Balaban J connectivity index is 2.24. The number of likely N-dealkylation sites (N-methyl/N-ethyl adjacent to an activating group) is 2. The SMILES string of the molecule is CCCCn1c(N)c(N(CC)C(=O)C[NH+](C)Cc2ccc(C)o2)c(=O)[nH]c1=O. The number of aromatic nitrogens is 2. The average Bonchev–Trinajstić information content (AvgIpc) is 3.02. The molecule has 1 unspecified atom stereocenters. The van der Waals surface area contributed by atoms with Gasteiger partial charge in [0, 0.05) is 13.1 Å². The summed E-state index contributed by atoms with van der Waals surface area (Å²) in [4.78, 5) is 41.9. The smallest absolute Gasteiger partial charge is 0.330 e. The lowest BCUT2D eigenvalue weighted by molar-refractivity contribution is -0.886. The van der Waals surface area contributed by atoms with Crippen molar-refractivity contribution < 1.29 is 14.1 Å². The third-order valence-corrected chi connectivity index (χ3v) is 4.56. The minimum Gasteiger partial charge on any atom is -0.460 e. The largest absolute Gasteiger partial charge is 0.460 e. The summed E-state index contributed by atoms with van der Waals surface area (Å²) in [6.07, 6.45) is 1.61. The van der Waals surface area contributed by atoms with E-state index >= 15 is 0 Å². The fourth-order valence-corrected chi connectivity index (χ4v) is 3.13. The topological polar surface area (TPSA) is 119 Å². The van der Waals surface area contributed by atoms with Crippen LogP contribution in [0.2, 0.25) is 0 Å².